The molecule has 3 amide bonds. The summed E-state index contributed by atoms with van der Waals surface area (Å²) in [5.41, 5.74) is 1.67. The first-order chi connectivity index (χ1) is 18.7. The number of nitrogens with one attached hydrogen (secondary N) is 2. The van der Waals surface area contributed by atoms with E-state index in [-0.39, 0.29) is 18.4 Å². The Kier molecular flexibility index (Phi) is 14.7. The van der Waals surface area contributed by atoms with E-state index >= 15 is 0 Å². The number of carbonyl (C=O) groups excluding carboxylic acids is 4. The van der Waals surface area contributed by atoms with Crippen molar-refractivity contribution in [3.05, 3.63) is 34.9 Å². The molecule has 9 heteroatoms. The van der Waals surface area contributed by atoms with Crippen LogP contribution in [0.3, 0.4) is 0 Å². The molecule has 0 fully saturated rings. The third-order valence-electron chi connectivity index (χ3n) is 6.49. The fraction of sp³-hybridized carbons (Fsp3) is 0.677. The summed E-state index contributed by atoms with van der Waals surface area (Å²) in [6.07, 6.45) is 4.46. The number of esters is 1. The van der Waals surface area contributed by atoms with Crippen molar-refractivity contribution in [2.75, 3.05) is 20.2 Å². The quantitative estimate of drug-likeness (QED) is 0.220. The molecule has 0 bridgehead atoms. The zero-order valence-electron chi connectivity index (χ0n) is 26.0. The van der Waals surface area contributed by atoms with Gasteiger partial charge in [-0.05, 0) is 70.1 Å². The Hall–Kier alpha value is -3.10. The second-order valence-electron chi connectivity index (χ2n) is 11.8. The molecular formula is C31H51N3O6. The van der Waals surface area contributed by atoms with Crippen LogP contribution >= 0.6 is 0 Å². The second-order valence-corrected chi connectivity index (χ2v) is 11.8. The summed E-state index contributed by atoms with van der Waals surface area (Å²) in [4.78, 5) is 54.3. The standard InChI is InChI=1S/C31H51N3O6/c1-10-11-12-13-14-18-34(29(37)24(19-21(2)3)33-30(38)40-31(6,7)8)27(28(36)32-20-25(35)39-9)26-22(4)16-15-17-23(26)5/h15-17,21,24,27H,10-14,18-20H2,1-9H3,(H,32,36)(H,33,38). The first-order valence-electron chi connectivity index (χ1n) is 14.4. The minimum Gasteiger partial charge on any atom is -0.468 e. The van der Waals surface area contributed by atoms with E-state index in [1.54, 1.807) is 25.7 Å². The Morgan fingerprint density at radius 1 is 0.975 bits per heavy atom. The van der Waals surface area contributed by atoms with E-state index in [2.05, 4.69) is 17.6 Å². The van der Waals surface area contributed by atoms with Crippen LogP contribution in [0.1, 0.15) is 103 Å². The zero-order chi connectivity index (χ0) is 30.5. The number of aryl methyl sites for hydroxylation is 2. The van der Waals surface area contributed by atoms with Gasteiger partial charge in [-0.3, -0.25) is 14.4 Å². The molecule has 1 aromatic rings. The first kappa shape index (κ1) is 34.9. The van der Waals surface area contributed by atoms with Crippen LogP contribution in [-0.4, -0.2) is 60.6 Å². The van der Waals surface area contributed by atoms with Crippen LogP contribution in [0.25, 0.3) is 0 Å². The van der Waals surface area contributed by atoms with Gasteiger partial charge in [0.25, 0.3) is 0 Å². The monoisotopic (exact) mass is 561 g/mol. The van der Waals surface area contributed by atoms with Gasteiger partial charge in [0.05, 0.1) is 7.11 Å². The van der Waals surface area contributed by atoms with Crippen LogP contribution in [0.5, 0.6) is 0 Å². The minimum atomic E-state index is -1.00. The number of carbonyl (C=O) groups is 4. The third kappa shape index (κ3) is 12.0. The molecule has 1 rings (SSSR count). The maximum atomic E-state index is 14.3. The molecule has 2 atom stereocenters. The van der Waals surface area contributed by atoms with Crippen LogP contribution in [0, 0.1) is 19.8 Å². The summed E-state index contributed by atoms with van der Waals surface area (Å²) in [7, 11) is 1.25. The Morgan fingerprint density at radius 3 is 2.10 bits per heavy atom. The molecule has 0 saturated carbocycles. The van der Waals surface area contributed by atoms with Crippen molar-refractivity contribution in [3.8, 4) is 0 Å². The molecule has 0 spiro atoms. The number of ether oxygens (including phenoxy) is 2. The SMILES string of the molecule is CCCCCCCN(C(=O)C(CC(C)C)NC(=O)OC(C)(C)C)C(C(=O)NCC(=O)OC)c1c(C)cccc1C. The summed E-state index contributed by atoms with van der Waals surface area (Å²) in [6, 6.07) is 3.81. The highest BCUT2D eigenvalue weighted by atomic mass is 16.6. The zero-order valence-corrected chi connectivity index (χ0v) is 26.0. The first-order valence-corrected chi connectivity index (χ1v) is 14.4. The van der Waals surface area contributed by atoms with E-state index in [9.17, 15) is 19.2 Å². The average molecular weight is 562 g/mol. The summed E-state index contributed by atoms with van der Waals surface area (Å²) in [5, 5.41) is 5.44. The lowest BCUT2D eigenvalue weighted by atomic mass is 9.92. The Labute approximate surface area is 240 Å². The van der Waals surface area contributed by atoms with Crippen molar-refractivity contribution in [1.82, 2.24) is 15.5 Å². The number of nitrogens with zero attached hydrogens (tertiary/aromatic N) is 1. The van der Waals surface area contributed by atoms with E-state index in [1.165, 1.54) is 7.11 Å². The van der Waals surface area contributed by atoms with Gasteiger partial charge in [0.15, 0.2) is 0 Å². The lowest BCUT2D eigenvalue weighted by Crippen LogP contribution is -2.54. The molecule has 1 aromatic carbocycles. The fourth-order valence-corrected chi connectivity index (χ4v) is 4.61. The van der Waals surface area contributed by atoms with Gasteiger partial charge in [0, 0.05) is 6.54 Å². The van der Waals surface area contributed by atoms with Gasteiger partial charge in [-0.25, -0.2) is 4.79 Å². The highest BCUT2D eigenvalue weighted by Gasteiger charge is 2.37. The van der Waals surface area contributed by atoms with Crippen molar-refractivity contribution in [2.45, 2.75) is 112 Å². The van der Waals surface area contributed by atoms with E-state index < -0.39 is 35.7 Å². The molecule has 2 N–H and O–H groups in total. The van der Waals surface area contributed by atoms with E-state index in [4.69, 9.17) is 9.47 Å². The van der Waals surface area contributed by atoms with Gasteiger partial charge in [-0.15, -0.1) is 0 Å². The van der Waals surface area contributed by atoms with Gasteiger partial charge in [-0.1, -0.05) is 64.7 Å². The summed E-state index contributed by atoms with van der Waals surface area (Å²) in [5.74, 6) is -1.35. The van der Waals surface area contributed by atoms with Gasteiger partial charge in [0.2, 0.25) is 11.8 Å². The summed E-state index contributed by atoms with van der Waals surface area (Å²) >= 11 is 0. The maximum absolute atomic E-state index is 14.3. The van der Waals surface area contributed by atoms with Crippen molar-refractivity contribution in [3.63, 3.8) is 0 Å². The number of methoxy groups -OCH3 is 1. The van der Waals surface area contributed by atoms with Crippen molar-refractivity contribution >= 4 is 23.9 Å². The molecule has 0 aromatic heterocycles. The number of hydrogen-bond acceptors (Lipinski definition) is 6. The van der Waals surface area contributed by atoms with E-state index in [0.29, 0.717) is 24.9 Å². The van der Waals surface area contributed by atoms with Gasteiger partial charge >= 0.3 is 12.1 Å². The van der Waals surface area contributed by atoms with Gasteiger partial charge < -0.3 is 25.0 Å². The molecule has 40 heavy (non-hydrogen) atoms. The Balaban J connectivity index is 3.58. The molecule has 226 valence electrons. The predicted octanol–water partition coefficient (Wildman–Crippen LogP) is 5.37. The maximum Gasteiger partial charge on any atom is 0.408 e. The number of unbranched alkanes of at least 4 members (excludes halogenated alkanes) is 4. The normalized spacial score (nSPS) is 12.8. The number of rotatable bonds is 15. The van der Waals surface area contributed by atoms with Gasteiger partial charge in [0.1, 0.15) is 24.2 Å². The molecule has 0 radical (unpaired) electrons. The molecular weight excluding hydrogens is 510 g/mol. The lowest BCUT2D eigenvalue weighted by molar-refractivity contribution is -0.145. The number of alkyl carbamates (subject to hydrolysis) is 1. The molecule has 0 heterocycles. The molecule has 0 aliphatic heterocycles. The second kappa shape index (κ2) is 16.9. The molecule has 0 saturated heterocycles. The Morgan fingerprint density at radius 2 is 1.57 bits per heavy atom. The Bertz CT molecular complexity index is 966. The van der Waals surface area contributed by atoms with E-state index in [1.807, 2.05) is 45.9 Å². The largest absolute Gasteiger partial charge is 0.468 e. The van der Waals surface area contributed by atoms with Crippen LogP contribution in [-0.2, 0) is 23.9 Å². The molecule has 0 aliphatic rings. The van der Waals surface area contributed by atoms with Crippen LogP contribution < -0.4 is 10.6 Å². The highest BCUT2D eigenvalue weighted by Crippen LogP contribution is 2.30. The van der Waals surface area contributed by atoms with E-state index in [0.717, 1.165) is 36.8 Å². The fourth-order valence-electron chi connectivity index (χ4n) is 4.61. The van der Waals surface area contributed by atoms with Crippen molar-refractivity contribution < 1.29 is 28.7 Å². The topological polar surface area (TPSA) is 114 Å². The number of hydrogen-bond donors (Lipinski definition) is 2. The predicted molar refractivity (Wildman–Crippen MR) is 157 cm³/mol. The minimum absolute atomic E-state index is 0.0853. The number of amides is 3. The lowest BCUT2D eigenvalue weighted by Gasteiger charge is -2.36. The van der Waals surface area contributed by atoms with Crippen molar-refractivity contribution in [1.29, 1.82) is 0 Å². The average Bonchev–Trinajstić information content (AvgIpc) is 2.85. The molecule has 0 aliphatic carbocycles. The van der Waals surface area contributed by atoms with Crippen LogP contribution in [0.15, 0.2) is 18.2 Å². The molecule has 2 unspecified atom stereocenters. The van der Waals surface area contributed by atoms with Crippen molar-refractivity contribution in [2.24, 2.45) is 5.92 Å². The van der Waals surface area contributed by atoms with Crippen LogP contribution in [0.2, 0.25) is 0 Å². The summed E-state index contributed by atoms with van der Waals surface area (Å²) < 4.78 is 10.2. The molecule has 9 nitrogen and oxygen atoms in total. The number of benzene rings is 1. The smallest absolute Gasteiger partial charge is 0.408 e. The highest BCUT2D eigenvalue weighted by molar-refractivity contribution is 5.93. The van der Waals surface area contributed by atoms with Crippen LogP contribution in [0.4, 0.5) is 4.79 Å². The van der Waals surface area contributed by atoms with Gasteiger partial charge in [-0.2, -0.15) is 0 Å². The summed E-state index contributed by atoms with van der Waals surface area (Å²) in [6.45, 7) is 15.2. The third-order valence-corrected chi connectivity index (χ3v) is 6.49.